The van der Waals surface area contributed by atoms with Gasteiger partial charge < -0.3 is 29.9 Å². The second kappa shape index (κ2) is 15.2. The fourth-order valence-corrected chi connectivity index (χ4v) is 2.09. The van der Waals surface area contributed by atoms with Crippen LogP contribution in [-0.4, -0.2) is 52.2 Å². The van der Waals surface area contributed by atoms with E-state index in [1.54, 1.807) is 0 Å². The summed E-state index contributed by atoms with van der Waals surface area (Å²) < 4.78 is 0. The van der Waals surface area contributed by atoms with Gasteiger partial charge in [-0.3, -0.25) is 0 Å². The summed E-state index contributed by atoms with van der Waals surface area (Å²) in [4.78, 5) is 0. The molecule has 0 bridgehead atoms. The predicted octanol–water partition coefficient (Wildman–Crippen LogP) is -3.59. The van der Waals surface area contributed by atoms with Gasteiger partial charge >= 0.3 is 46.1 Å². The van der Waals surface area contributed by atoms with Gasteiger partial charge in [0.2, 0.25) is 0 Å². The van der Waals surface area contributed by atoms with Gasteiger partial charge in [-0.15, -0.1) is 18.2 Å². The zero-order valence-corrected chi connectivity index (χ0v) is 17.3. The van der Waals surface area contributed by atoms with Crippen molar-refractivity contribution >= 4 is 57.7 Å². The van der Waals surface area contributed by atoms with Crippen molar-refractivity contribution in [2.24, 2.45) is 0 Å². The normalized spacial score (nSPS) is 9.91. The van der Waals surface area contributed by atoms with Crippen LogP contribution < -0.4 is 29.9 Å². The summed E-state index contributed by atoms with van der Waals surface area (Å²) in [7, 11) is 0. The summed E-state index contributed by atoms with van der Waals surface area (Å²) >= 11 is 6.13. The maximum Gasteiger partial charge on any atom is 2.00 e. The summed E-state index contributed by atoms with van der Waals surface area (Å²) in [5, 5.41) is 12.4. The monoisotopic (exact) mass is 376 g/mol. The molecule has 0 unspecified atom stereocenters. The first-order chi connectivity index (χ1) is 8.77. The van der Waals surface area contributed by atoms with E-state index in [9.17, 15) is 5.11 Å². The molecule has 0 aliphatic heterocycles. The van der Waals surface area contributed by atoms with Crippen LogP contribution >= 0.6 is 11.6 Å². The van der Waals surface area contributed by atoms with Crippen LogP contribution in [0.2, 0.25) is 0 Å². The van der Waals surface area contributed by atoms with Gasteiger partial charge in [0.25, 0.3) is 0 Å². The summed E-state index contributed by atoms with van der Waals surface area (Å²) in [6.07, 6.45) is 0.435. The Balaban J connectivity index is -0.000000902. The van der Waals surface area contributed by atoms with Crippen LogP contribution in [0.5, 0.6) is 0 Å². The van der Waals surface area contributed by atoms with Gasteiger partial charge in [0.05, 0.1) is 0 Å². The van der Waals surface area contributed by atoms with Crippen molar-refractivity contribution in [1.82, 2.24) is 0 Å². The summed E-state index contributed by atoms with van der Waals surface area (Å²) in [6, 6.07) is 19.4. The molecule has 110 valence electrons. The van der Waals surface area contributed by atoms with E-state index in [0.717, 1.165) is 12.0 Å². The van der Waals surface area contributed by atoms with Gasteiger partial charge in [-0.2, -0.15) is 29.3 Å². The Morgan fingerprint density at radius 3 is 1.82 bits per heavy atom. The average molecular weight is 378 g/mol. The van der Waals surface area contributed by atoms with E-state index in [4.69, 9.17) is 11.6 Å². The van der Waals surface area contributed by atoms with Crippen molar-refractivity contribution in [3.8, 4) is 0 Å². The maximum atomic E-state index is 12.0. The number of hydrogen-bond donors (Lipinski definition) is 0. The zero-order chi connectivity index (χ0) is 12.8. The summed E-state index contributed by atoms with van der Waals surface area (Å²) in [5.41, 5.74) is 2.00. The molecule has 2 aromatic carbocycles. The molecule has 1 atom stereocenters. The Morgan fingerprint density at radius 2 is 1.32 bits per heavy atom. The third-order valence-electron chi connectivity index (χ3n) is 2.87. The smallest absolute Gasteiger partial charge is 1.00 e. The summed E-state index contributed by atoms with van der Waals surface area (Å²) in [6.45, 7) is 0. The molecular weight excluding hydrogens is 363 g/mol. The molecule has 0 radical (unpaired) electrons. The largest absolute Gasteiger partial charge is 2.00 e. The SMILES string of the molecule is [Cl-].[Cl-].[Mg+2].[Mg+2].[O-][C@@H](CCc1ccccc1)[C-](Cl)c1ccccc1. The van der Waals surface area contributed by atoms with Gasteiger partial charge in [-0.25, -0.2) is 0 Å². The van der Waals surface area contributed by atoms with Gasteiger partial charge in [0.1, 0.15) is 0 Å². The zero-order valence-electron chi connectivity index (χ0n) is 12.2. The average Bonchev–Trinajstić information content (AvgIpc) is 2.46. The van der Waals surface area contributed by atoms with E-state index in [0.29, 0.717) is 11.8 Å². The molecule has 0 saturated carbocycles. The standard InChI is InChI=1S/C16H15ClO.2ClH.2Mg/c17-16(14-9-5-2-6-10-14)15(18)12-11-13-7-3-1-4-8-13;;;;/h1-10,15H,11-12H2;2*1H;;/q-2;;;2*+2/p-2/t15-;;;;/m0..../s1. The summed E-state index contributed by atoms with van der Waals surface area (Å²) in [5.74, 6) is 0. The van der Waals surface area contributed by atoms with E-state index < -0.39 is 6.10 Å². The first-order valence-corrected chi connectivity index (χ1v) is 6.42. The molecule has 2 aromatic rings. The van der Waals surface area contributed by atoms with E-state index >= 15 is 0 Å². The van der Waals surface area contributed by atoms with Crippen LogP contribution in [0.1, 0.15) is 17.5 Å². The topological polar surface area (TPSA) is 23.1 Å². The predicted molar refractivity (Wildman–Crippen MR) is 84.7 cm³/mol. The molecule has 0 heterocycles. The Kier molecular flexibility index (Phi) is 19.0. The van der Waals surface area contributed by atoms with Crippen LogP contribution in [0.25, 0.3) is 0 Å². The number of benzene rings is 2. The Labute approximate surface area is 182 Å². The molecule has 6 heteroatoms. The number of hydrogen-bond acceptors (Lipinski definition) is 1. The van der Waals surface area contributed by atoms with Gasteiger partial charge in [0.15, 0.2) is 0 Å². The molecule has 0 aliphatic rings. The van der Waals surface area contributed by atoms with Crippen molar-refractivity contribution < 1.29 is 29.9 Å². The Morgan fingerprint density at radius 1 is 0.864 bits per heavy atom. The van der Waals surface area contributed by atoms with Crippen LogP contribution in [-0.2, 0) is 6.42 Å². The number of rotatable bonds is 5. The van der Waals surface area contributed by atoms with E-state index in [1.165, 1.54) is 5.56 Å². The number of aryl methyl sites for hydroxylation is 1. The fraction of sp³-hybridized carbons (Fsp3) is 0.188. The van der Waals surface area contributed by atoms with Crippen LogP contribution in [0.3, 0.4) is 0 Å². The molecule has 1 nitrogen and oxygen atoms in total. The molecule has 0 aliphatic carbocycles. The minimum absolute atomic E-state index is 0. The molecule has 0 fully saturated rings. The minimum Gasteiger partial charge on any atom is -1.00 e. The van der Waals surface area contributed by atoms with E-state index in [2.05, 4.69) is 0 Å². The molecule has 2 rings (SSSR count). The third kappa shape index (κ3) is 9.09. The maximum absolute atomic E-state index is 12.0. The van der Waals surface area contributed by atoms with Crippen LogP contribution in [0, 0.1) is 5.38 Å². The first-order valence-electron chi connectivity index (χ1n) is 6.05. The Hall–Kier alpha value is 0.672. The molecule has 0 saturated heterocycles. The van der Waals surface area contributed by atoms with Crippen LogP contribution in [0.15, 0.2) is 60.7 Å². The van der Waals surface area contributed by atoms with Gasteiger partial charge in [0, 0.05) is 0 Å². The van der Waals surface area contributed by atoms with E-state index in [-0.39, 0.29) is 70.9 Å². The molecule has 0 spiro atoms. The minimum atomic E-state index is -0.853. The fourth-order valence-electron chi connectivity index (χ4n) is 1.85. The quantitative estimate of drug-likeness (QED) is 0.390. The molecular formula is C16H15Cl3Mg2O. The van der Waals surface area contributed by atoms with Crippen molar-refractivity contribution in [1.29, 1.82) is 0 Å². The first kappa shape index (κ1) is 27.5. The van der Waals surface area contributed by atoms with Gasteiger partial charge in [-0.1, -0.05) is 48.2 Å². The van der Waals surface area contributed by atoms with Crippen molar-refractivity contribution in [2.75, 3.05) is 0 Å². The van der Waals surface area contributed by atoms with Crippen molar-refractivity contribution in [3.05, 3.63) is 77.2 Å². The van der Waals surface area contributed by atoms with Crippen molar-refractivity contribution in [3.63, 3.8) is 0 Å². The number of halogens is 3. The second-order valence-electron chi connectivity index (χ2n) is 4.23. The second-order valence-corrected chi connectivity index (χ2v) is 4.63. The molecule has 0 amide bonds. The molecule has 0 aromatic heterocycles. The molecule has 0 N–H and O–H groups in total. The third-order valence-corrected chi connectivity index (χ3v) is 3.33. The molecule has 22 heavy (non-hydrogen) atoms. The van der Waals surface area contributed by atoms with E-state index in [1.807, 2.05) is 60.7 Å². The van der Waals surface area contributed by atoms with Gasteiger partial charge in [-0.05, 0) is 12.0 Å². The Bertz CT molecular complexity index is 471. The van der Waals surface area contributed by atoms with Crippen molar-refractivity contribution in [2.45, 2.75) is 18.9 Å². The van der Waals surface area contributed by atoms with Crippen LogP contribution in [0.4, 0.5) is 0 Å².